The first-order chi connectivity index (χ1) is 17.5. The lowest BCUT2D eigenvalue weighted by Gasteiger charge is -2.16. The number of anilines is 1. The van der Waals surface area contributed by atoms with Crippen LogP contribution in [0.4, 0.5) is 5.69 Å². The minimum absolute atomic E-state index is 0.0178. The summed E-state index contributed by atoms with van der Waals surface area (Å²) < 4.78 is 30.5. The van der Waals surface area contributed by atoms with Gasteiger partial charge in [-0.2, -0.15) is 9.61 Å². The highest BCUT2D eigenvalue weighted by molar-refractivity contribution is 7.92. The molecule has 1 N–H and O–H groups in total. The summed E-state index contributed by atoms with van der Waals surface area (Å²) in [5.41, 5.74) is 4.30. The molecule has 6 rings (SSSR count). The van der Waals surface area contributed by atoms with E-state index in [-0.39, 0.29) is 10.7 Å². The summed E-state index contributed by atoms with van der Waals surface area (Å²) in [5.74, 6) is 0.488. The maximum atomic E-state index is 13.1. The number of pyridine rings is 1. The summed E-state index contributed by atoms with van der Waals surface area (Å²) in [4.78, 5) is 16.7. The molecule has 0 bridgehead atoms. The topological polar surface area (TPSA) is 119 Å². The molecule has 178 valence electrons. The van der Waals surface area contributed by atoms with Gasteiger partial charge in [0.05, 0.1) is 10.6 Å². The van der Waals surface area contributed by atoms with Crippen molar-refractivity contribution < 1.29 is 13.2 Å². The Morgan fingerprint density at radius 2 is 1.78 bits per heavy atom. The van der Waals surface area contributed by atoms with Gasteiger partial charge < -0.3 is 0 Å². The maximum absolute atomic E-state index is 13.1. The fourth-order valence-corrected chi connectivity index (χ4v) is 5.40. The molecule has 1 aliphatic carbocycles. The number of aromatic nitrogens is 5. The van der Waals surface area contributed by atoms with Crippen molar-refractivity contribution in [1.29, 1.82) is 0 Å². The first-order valence-corrected chi connectivity index (χ1v) is 12.9. The third-order valence-electron chi connectivity index (χ3n) is 6.11. The van der Waals surface area contributed by atoms with Crippen LogP contribution in [0.3, 0.4) is 0 Å². The fourth-order valence-electron chi connectivity index (χ4n) is 4.33. The number of rotatable bonds is 5. The summed E-state index contributed by atoms with van der Waals surface area (Å²) in [6.45, 7) is 0. The van der Waals surface area contributed by atoms with Crippen LogP contribution in [0.15, 0.2) is 83.9 Å². The van der Waals surface area contributed by atoms with Gasteiger partial charge in [-0.05, 0) is 66.9 Å². The van der Waals surface area contributed by atoms with Crippen LogP contribution >= 0.6 is 0 Å². The molecule has 0 amide bonds. The largest absolute Gasteiger partial charge is 0.294 e. The van der Waals surface area contributed by atoms with Crippen LogP contribution in [0.25, 0.3) is 28.4 Å². The molecule has 36 heavy (non-hydrogen) atoms. The predicted octanol–water partition coefficient (Wildman–Crippen LogP) is 4.17. The molecule has 10 heteroatoms. The Balaban J connectivity index is 1.32. The van der Waals surface area contributed by atoms with Gasteiger partial charge in [0.2, 0.25) is 5.82 Å². The van der Waals surface area contributed by atoms with Crippen molar-refractivity contribution in [3.63, 3.8) is 0 Å². The Kier molecular flexibility index (Phi) is 5.30. The molecule has 2 aromatic carbocycles. The highest BCUT2D eigenvalue weighted by atomic mass is 32.2. The minimum Gasteiger partial charge on any atom is -0.294 e. The number of nitrogens with one attached hydrogen (secondary N) is 1. The van der Waals surface area contributed by atoms with E-state index in [1.165, 1.54) is 6.07 Å². The molecule has 9 nitrogen and oxygen atoms in total. The SMILES string of the molecule is O=C1CCCc2ccc(S(=O)(=O)Nc3cccc(-c4ccc5nnc(-c6ccccn6)n5n4)c3)cc21. The number of carbonyl (C=O) groups excluding carboxylic acids is 1. The first-order valence-electron chi connectivity index (χ1n) is 11.4. The number of carbonyl (C=O) groups is 1. The molecular weight excluding hydrogens is 476 g/mol. The summed E-state index contributed by atoms with van der Waals surface area (Å²) in [6.07, 6.45) is 3.69. The van der Waals surface area contributed by atoms with Crippen LogP contribution in [-0.4, -0.2) is 39.0 Å². The highest BCUT2D eigenvalue weighted by Gasteiger charge is 2.22. The second-order valence-corrected chi connectivity index (χ2v) is 10.2. The zero-order valence-corrected chi connectivity index (χ0v) is 19.8. The number of Topliss-reactive ketones (excluding diaryl/α,β-unsaturated/α-hetero) is 1. The van der Waals surface area contributed by atoms with Gasteiger partial charge >= 0.3 is 0 Å². The van der Waals surface area contributed by atoms with Crippen LogP contribution in [0.2, 0.25) is 0 Å². The fraction of sp³-hybridized carbons (Fsp3) is 0.115. The van der Waals surface area contributed by atoms with E-state index in [0.717, 1.165) is 18.4 Å². The molecule has 0 aliphatic heterocycles. The smallest absolute Gasteiger partial charge is 0.261 e. The van der Waals surface area contributed by atoms with E-state index in [1.807, 2.05) is 24.3 Å². The Morgan fingerprint density at radius 1 is 0.861 bits per heavy atom. The van der Waals surface area contributed by atoms with Crippen molar-refractivity contribution in [2.45, 2.75) is 24.2 Å². The lowest BCUT2D eigenvalue weighted by atomic mass is 9.91. The van der Waals surface area contributed by atoms with Gasteiger partial charge in [-0.25, -0.2) is 8.42 Å². The number of aryl methyl sites for hydroxylation is 1. The Hall–Kier alpha value is -4.44. The van der Waals surface area contributed by atoms with Gasteiger partial charge in [0, 0.05) is 29.4 Å². The maximum Gasteiger partial charge on any atom is 0.261 e. The van der Waals surface area contributed by atoms with E-state index in [4.69, 9.17) is 0 Å². The molecule has 0 spiro atoms. The standard InChI is InChI=1S/C26H20N6O3S/c33-24-9-4-5-17-10-11-20(16-21(17)24)36(34,35)31-19-7-3-6-18(15-19)22-12-13-25-28-29-26(32(25)30-22)23-8-1-2-14-27-23/h1-3,6-8,10-16,31H,4-5,9H2. The third kappa shape index (κ3) is 4.01. The molecule has 3 aromatic heterocycles. The Morgan fingerprint density at radius 3 is 2.64 bits per heavy atom. The Labute approximate surface area is 206 Å². The first kappa shape index (κ1) is 22.1. The van der Waals surface area contributed by atoms with Gasteiger partial charge in [0.15, 0.2) is 11.4 Å². The van der Waals surface area contributed by atoms with Crippen LogP contribution in [0.1, 0.15) is 28.8 Å². The van der Waals surface area contributed by atoms with Gasteiger partial charge in [-0.3, -0.25) is 14.5 Å². The number of sulfonamides is 1. The van der Waals surface area contributed by atoms with E-state index >= 15 is 0 Å². The highest BCUT2D eigenvalue weighted by Crippen LogP contribution is 2.27. The number of benzene rings is 2. The minimum atomic E-state index is -3.89. The summed E-state index contributed by atoms with van der Waals surface area (Å²) >= 11 is 0. The van der Waals surface area contributed by atoms with Crippen LogP contribution in [-0.2, 0) is 16.4 Å². The average Bonchev–Trinajstić information content (AvgIpc) is 3.32. The van der Waals surface area contributed by atoms with Gasteiger partial charge in [0.1, 0.15) is 5.69 Å². The van der Waals surface area contributed by atoms with Crippen LogP contribution in [0, 0.1) is 0 Å². The normalized spacial score (nSPS) is 13.5. The van der Waals surface area contributed by atoms with Gasteiger partial charge in [-0.1, -0.05) is 24.3 Å². The van der Waals surface area contributed by atoms with Crippen molar-refractivity contribution in [1.82, 2.24) is 24.8 Å². The summed E-state index contributed by atoms with van der Waals surface area (Å²) in [5, 5.41) is 13.0. The zero-order valence-electron chi connectivity index (χ0n) is 19.0. The second-order valence-electron chi connectivity index (χ2n) is 8.51. The van der Waals surface area contributed by atoms with Crippen molar-refractivity contribution >= 4 is 27.1 Å². The van der Waals surface area contributed by atoms with Crippen LogP contribution in [0.5, 0.6) is 0 Å². The molecule has 0 fully saturated rings. The predicted molar refractivity (Wildman–Crippen MR) is 134 cm³/mol. The van der Waals surface area contributed by atoms with Crippen molar-refractivity contribution in [2.24, 2.45) is 0 Å². The number of fused-ring (bicyclic) bond motifs is 2. The monoisotopic (exact) mass is 496 g/mol. The second kappa shape index (κ2) is 8.65. The van der Waals surface area contributed by atoms with Crippen molar-refractivity contribution in [3.8, 4) is 22.8 Å². The molecule has 0 atom stereocenters. The summed E-state index contributed by atoms with van der Waals surface area (Å²) in [7, 11) is -3.89. The average molecular weight is 497 g/mol. The van der Waals surface area contributed by atoms with E-state index in [0.29, 0.717) is 46.1 Å². The van der Waals surface area contributed by atoms with E-state index in [1.54, 1.807) is 53.2 Å². The molecular formula is C26H20N6O3S. The molecule has 0 saturated carbocycles. The molecule has 0 unspecified atom stereocenters. The van der Waals surface area contributed by atoms with Crippen molar-refractivity contribution in [3.05, 3.63) is 90.1 Å². The van der Waals surface area contributed by atoms with Gasteiger partial charge in [0.25, 0.3) is 10.0 Å². The molecule has 1 aliphatic rings. The van der Waals surface area contributed by atoms with E-state index in [2.05, 4.69) is 25.0 Å². The quantitative estimate of drug-likeness (QED) is 0.388. The van der Waals surface area contributed by atoms with E-state index in [9.17, 15) is 13.2 Å². The third-order valence-corrected chi connectivity index (χ3v) is 7.49. The van der Waals surface area contributed by atoms with Crippen LogP contribution < -0.4 is 4.72 Å². The lowest BCUT2D eigenvalue weighted by Crippen LogP contribution is -2.16. The van der Waals surface area contributed by atoms with Crippen molar-refractivity contribution in [2.75, 3.05) is 4.72 Å². The molecule has 0 radical (unpaired) electrons. The zero-order chi connectivity index (χ0) is 24.7. The number of nitrogens with zero attached hydrogens (tertiary/aromatic N) is 5. The summed E-state index contributed by atoms with van der Waals surface area (Å²) in [6, 6.07) is 20.8. The molecule has 3 heterocycles. The van der Waals surface area contributed by atoms with Gasteiger partial charge in [-0.15, -0.1) is 10.2 Å². The number of ketones is 1. The lowest BCUT2D eigenvalue weighted by molar-refractivity contribution is 0.0972. The number of hydrogen-bond acceptors (Lipinski definition) is 7. The van der Waals surface area contributed by atoms with E-state index < -0.39 is 10.0 Å². The molecule has 5 aromatic rings. The Bertz CT molecular complexity index is 1730. The molecule has 0 saturated heterocycles. The number of hydrogen-bond donors (Lipinski definition) is 1.